The van der Waals surface area contributed by atoms with Crippen LogP contribution in [0.1, 0.15) is 12.5 Å². The fourth-order valence-corrected chi connectivity index (χ4v) is 3.22. The number of anilines is 1. The van der Waals surface area contributed by atoms with E-state index in [1.807, 2.05) is 30.0 Å². The lowest BCUT2D eigenvalue weighted by Crippen LogP contribution is -2.55. The SMILES string of the molecule is COc1ccc(N2CCN(Cc3ccccc3F)[C@H](C)C2=O)c(OC)c1. The van der Waals surface area contributed by atoms with Crippen LogP contribution in [0, 0.1) is 5.82 Å². The maximum atomic E-state index is 13.9. The first kappa shape index (κ1) is 18.2. The molecule has 1 heterocycles. The van der Waals surface area contributed by atoms with E-state index in [1.165, 1.54) is 6.07 Å². The molecule has 1 saturated heterocycles. The van der Waals surface area contributed by atoms with Gasteiger partial charge < -0.3 is 14.4 Å². The summed E-state index contributed by atoms with van der Waals surface area (Å²) in [6.45, 7) is 3.43. The predicted molar refractivity (Wildman–Crippen MR) is 98.2 cm³/mol. The Morgan fingerprint density at radius 2 is 1.88 bits per heavy atom. The summed E-state index contributed by atoms with van der Waals surface area (Å²) in [5.41, 5.74) is 1.32. The van der Waals surface area contributed by atoms with E-state index in [4.69, 9.17) is 9.47 Å². The topological polar surface area (TPSA) is 42.0 Å². The van der Waals surface area contributed by atoms with Gasteiger partial charge in [0.25, 0.3) is 0 Å². The summed E-state index contributed by atoms with van der Waals surface area (Å²) in [6, 6.07) is 11.7. The molecule has 1 atom stereocenters. The van der Waals surface area contributed by atoms with Crippen molar-refractivity contribution in [3.8, 4) is 11.5 Å². The molecule has 5 nitrogen and oxygen atoms in total. The van der Waals surface area contributed by atoms with Crippen LogP contribution < -0.4 is 14.4 Å². The van der Waals surface area contributed by atoms with Crippen LogP contribution in [0.4, 0.5) is 10.1 Å². The summed E-state index contributed by atoms with van der Waals surface area (Å²) in [6.07, 6.45) is 0. The Morgan fingerprint density at radius 3 is 2.58 bits per heavy atom. The van der Waals surface area contributed by atoms with Crippen molar-refractivity contribution in [2.24, 2.45) is 0 Å². The molecule has 1 amide bonds. The molecule has 0 spiro atoms. The number of methoxy groups -OCH3 is 2. The first-order chi connectivity index (χ1) is 12.5. The number of hydrogen-bond donors (Lipinski definition) is 0. The predicted octanol–water partition coefficient (Wildman–Crippen LogP) is 3.08. The Kier molecular flexibility index (Phi) is 5.42. The number of amides is 1. The number of rotatable bonds is 5. The molecule has 0 saturated carbocycles. The molecule has 0 unspecified atom stereocenters. The zero-order valence-corrected chi connectivity index (χ0v) is 15.2. The molecule has 2 aromatic carbocycles. The summed E-state index contributed by atoms with van der Waals surface area (Å²) in [5.74, 6) is 0.985. The van der Waals surface area contributed by atoms with Gasteiger partial charge in [0.2, 0.25) is 5.91 Å². The van der Waals surface area contributed by atoms with Gasteiger partial charge in [0.05, 0.1) is 25.9 Å². The molecule has 2 aromatic rings. The van der Waals surface area contributed by atoms with E-state index in [0.29, 0.717) is 36.7 Å². The highest BCUT2D eigenvalue weighted by Crippen LogP contribution is 2.34. The van der Waals surface area contributed by atoms with Crippen molar-refractivity contribution >= 4 is 11.6 Å². The first-order valence-electron chi connectivity index (χ1n) is 8.56. The molecule has 1 aliphatic heterocycles. The molecular weight excluding hydrogens is 335 g/mol. The lowest BCUT2D eigenvalue weighted by molar-refractivity contribution is -0.125. The molecular formula is C20H23FN2O3. The number of piperazine rings is 1. The lowest BCUT2D eigenvalue weighted by Gasteiger charge is -2.39. The van der Waals surface area contributed by atoms with Crippen molar-refractivity contribution in [3.63, 3.8) is 0 Å². The third kappa shape index (κ3) is 3.51. The Hall–Kier alpha value is -2.60. The summed E-state index contributed by atoms with van der Waals surface area (Å²) in [7, 11) is 3.16. The maximum Gasteiger partial charge on any atom is 0.244 e. The van der Waals surface area contributed by atoms with E-state index < -0.39 is 0 Å². The normalized spacial score (nSPS) is 18.1. The fraction of sp³-hybridized carbons (Fsp3) is 0.350. The Morgan fingerprint density at radius 1 is 1.12 bits per heavy atom. The third-order valence-electron chi connectivity index (χ3n) is 4.79. The largest absolute Gasteiger partial charge is 0.497 e. The third-order valence-corrected chi connectivity index (χ3v) is 4.79. The van der Waals surface area contributed by atoms with E-state index in [9.17, 15) is 9.18 Å². The van der Waals surface area contributed by atoms with Crippen LogP contribution in [0.25, 0.3) is 0 Å². The molecule has 0 bridgehead atoms. The standard InChI is InChI=1S/C20H23FN2O3/c1-14-20(24)23(18-9-8-16(25-2)12-19(18)26-3)11-10-22(14)13-15-6-4-5-7-17(15)21/h4-9,12,14H,10-11,13H2,1-3H3/t14-/m1/s1. The molecule has 26 heavy (non-hydrogen) atoms. The van der Waals surface area contributed by atoms with Gasteiger partial charge in [-0.2, -0.15) is 0 Å². The van der Waals surface area contributed by atoms with Crippen LogP contribution in [0.3, 0.4) is 0 Å². The molecule has 1 fully saturated rings. The van der Waals surface area contributed by atoms with Gasteiger partial charge in [-0.3, -0.25) is 9.69 Å². The van der Waals surface area contributed by atoms with Crippen molar-refractivity contribution < 1.29 is 18.7 Å². The van der Waals surface area contributed by atoms with Gasteiger partial charge in [0.1, 0.15) is 17.3 Å². The van der Waals surface area contributed by atoms with E-state index >= 15 is 0 Å². The van der Waals surface area contributed by atoms with Gasteiger partial charge in [-0.25, -0.2) is 4.39 Å². The van der Waals surface area contributed by atoms with Gasteiger partial charge in [-0.15, -0.1) is 0 Å². The second kappa shape index (κ2) is 7.74. The number of ether oxygens (including phenoxy) is 2. The van der Waals surface area contributed by atoms with Crippen LogP contribution in [-0.2, 0) is 11.3 Å². The number of carbonyl (C=O) groups is 1. The highest BCUT2D eigenvalue weighted by atomic mass is 19.1. The molecule has 0 N–H and O–H groups in total. The van der Waals surface area contributed by atoms with Gasteiger partial charge in [0.15, 0.2) is 0 Å². The minimum absolute atomic E-state index is 0.0314. The molecule has 6 heteroatoms. The molecule has 3 rings (SSSR count). The van der Waals surface area contributed by atoms with Crippen LogP contribution in [-0.4, -0.2) is 44.2 Å². The molecule has 1 aliphatic rings. The average molecular weight is 358 g/mol. The highest BCUT2D eigenvalue weighted by Gasteiger charge is 2.33. The van der Waals surface area contributed by atoms with Crippen molar-refractivity contribution in [2.45, 2.75) is 19.5 Å². The maximum absolute atomic E-state index is 13.9. The minimum atomic E-state index is -0.352. The van der Waals surface area contributed by atoms with E-state index in [2.05, 4.69) is 0 Å². The van der Waals surface area contributed by atoms with E-state index in [0.717, 1.165) is 5.69 Å². The van der Waals surface area contributed by atoms with Gasteiger partial charge in [-0.05, 0) is 25.1 Å². The molecule has 0 aromatic heterocycles. The van der Waals surface area contributed by atoms with Crippen LogP contribution in [0.2, 0.25) is 0 Å². The van der Waals surface area contributed by atoms with Gasteiger partial charge >= 0.3 is 0 Å². The smallest absolute Gasteiger partial charge is 0.244 e. The van der Waals surface area contributed by atoms with Crippen LogP contribution in [0.5, 0.6) is 11.5 Å². The number of nitrogens with zero attached hydrogens (tertiary/aromatic N) is 2. The van der Waals surface area contributed by atoms with Crippen molar-refractivity contribution in [1.29, 1.82) is 0 Å². The highest BCUT2D eigenvalue weighted by molar-refractivity contribution is 5.99. The van der Waals surface area contributed by atoms with E-state index in [1.54, 1.807) is 37.3 Å². The monoisotopic (exact) mass is 358 g/mol. The zero-order valence-electron chi connectivity index (χ0n) is 15.2. The van der Waals surface area contributed by atoms with Gasteiger partial charge in [-0.1, -0.05) is 18.2 Å². The second-order valence-electron chi connectivity index (χ2n) is 6.27. The molecule has 138 valence electrons. The quantitative estimate of drug-likeness (QED) is 0.824. The van der Waals surface area contributed by atoms with Gasteiger partial charge in [0, 0.05) is 31.3 Å². The Labute approximate surface area is 152 Å². The van der Waals surface area contributed by atoms with Crippen molar-refractivity contribution in [2.75, 3.05) is 32.2 Å². The van der Waals surface area contributed by atoms with Crippen LogP contribution in [0.15, 0.2) is 42.5 Å². The number of benzene rings is 2. The Balaban J connectivity index is 1.79. The number of carbonyl (C=O) groups excluding carboxylic acids is 1. The summed E-state index contributed by atoms with van der Waals surface area (Å²) in [4.78, 5) is 16.7. The molecule has 0 aliphatic carbocycles. The summed E-state index contributed by atoms with van der Waals surface area (Å²) < 4.78 is 24.6. The first-order valence-corrected chi connectivity index (χ1v) is 8.56. The lowest BCUT2D eigenvalue weighted by atomic mass is 10.1. The Bertz CT molecular complexity index is 796. The second-order valence-corrected chi connectivity index (χ2v) is 6.27. The minimum Gasteiger partial charge on any atom is -0.497 e. The molecule has 0 radical (unpaired) electrons. The van der Waals surface area contributed by atoms with Crippen molar-refractivity contribution in [3.05, 3.63) is 53.8 Å². The zero-order chi connectivity index (χ0) is 18.7. The van der Waals surface area contributed by atoms with E-state index in [-0.39, 0.29) is 17.8 Å². The average Bonchev–Trinajstić information content (AvgIpc) is 2.67. The van der Waals surface area contributed by atoms with Crippen LogP contribution >= 0.6 is 0 Å². The number of hydrogen-bond acceptors (Lipinski definition) is 4. The van der Waals surface area contributed by atoms with Crippen molar-refractivity contribution in [1.82, 2.24) is 4.90 Å². The number of halogens is 1. The summed E-state index contributed by atoms with van der Waals surface area (Å²) >= 11 is 0. The summed E-state index contributed by atoms with van der Waals surface area (Å²) in [5, 5.41) is 0. The fourth-order valence-electron chi connectivity index (χ4n) is 3.22.